The third-order valence-electron chi connectivity index (χ3n) is 9.32. The van der Waals surface area contributed by atoms with Gasteiger partial charge < -0.3 is 28.3 Å². The van der Waals surface area contributed by atoms with Gasteiger partial charge in [0.15, 0.2) is 0 Å². The van der Waals surface area contributed by atoms with Gasteiger partial charge in [0.25, 0.3) is 11.8 Å². The van der Waals surface area contributed by atoms with Gasteiger partial charge in [-0.3, -0.25) is 34.4 Å². The monoisotopic (exact) mass is 745 g/mol. The minimum absolute atomic E-state index is 0.0615. The summed E-state index contributed by atoms with van der Waals surface area (Å²) in [5.74, 6) is 4.20. The minimum atomic E-state index is -1.01. The van der Waals surface area contributed by atoms with Gasteiger partial charge in [0.1, 0.15) is 30.7 Å². The SMILES string of the molecule is Cn1c2ccncc2c2ccc(-c3ccc(C#CCOCCOCCOCCOCCOc4ccc5c(c4)C(=O)N(C4CCC(=O)NC4=O)C5=O)nc3)cc21. The molecule has 1 saturated heterocycles. The molecule has 55 heavy (non-hydrogen) atoms. The molecule has 1 unspecified atom stereocenters. The minimum Gasteiger partial charge on any atom is -0.491 e. The number of imide groups is 2. The molecule has 0 spiro atoms. The number of fused-ring (bicyclic) bond motifs is 4. The Labute approximate surface area is 316 Å². The Balaban J connectivity index is 0.712. The maximum atomic E-state index is 13.0. The van der Waals surface area contributed by atoms with Crippen LogP contribution in [0.25, 0.3) is 32.9 Å². The molecule has 282 valence electrons. The summed E-state index contributed by atoms with van der Waals surface area (Å²) in [7, 11) is 2.07. The van der Waals surface area contributed by atoms with Gasteiger partial charge in [0.05, 0.1) is 62.9 Å². The molecule has 0 radical (unpaired) electrons. The van der Waals surface area contributed by atoms with Gasteiger partial charge >= 0.3 is 0 Å². The van der Waals surface area contributed by atoms with Crippen LogP contribution in [-0.2, 0) is 35.6 Å². The van der Waals surface area contributed by atoms with E-state index in [1.54, 1.807) is 6.07 Å². The van der Waals surface area contributed by atoms with Crippen molar-refractivity contribution in [2.75, 3.05) is 59.5 Å². The van der Waals surface area contributed by atoms with Crippen molar-refractivity contribution in [1.82, 2.24) is 24.8 Å². The summed E-state index contributed by atoms with van der Waals surface area (Å²) >= 11 is 0. The van der Waals surface area contributed by atoms with Gasteiger partial charge in [-0.05, 0) is 54.3 Å². The maximum absolute atomic E-state index is 13.0. The lowest BCUT2D eigenvalue weighted by Crippen LogP contribution is -2.54. The number of hydrogen-bond acceptors (Lipinski definition) is 11. The summed E-state index contributed by atoms with van der Waals surface area (Å²) in [6.07, 6.45) is 5.71. The quantitative estimate of drug-likeness (QED) is 0.0892. The van der Waals surface area contributed by atoms with Crippen LogP contribution < -0.4 is 10.1 Å². The fourth-order valence-corrected chi connectivity index (χ4v) is 6.54. The molecule has 2 aromatic carbocycles. The fraction of sp³-hybridized carbons (Fsp3) is 0.317. The highest BCUT2D eigenvalue weighted by molar-refractivity contribution is 6.23. The molecule has 2 aliphatic rings. The molecule has 14 nitrogen and oxygen atoms in total. The molecule has 3 aromatic heterocycles. The Bertz CT molecular complexity index is 2290. The predicted octanol–water partition coefficient (Wildman–Crippen LogP) is 3.69. The van der Waals surface area contributed by atoms with Crippen LogP contribution >= 0.6 is 0 Å². The summed E-state index contributed by atoms with van der Waals surface area (Å²) in [4.78, 5) is 59.2. The normalized spacial score (nSPS) is 15.4. The molecule has 5 aromatic rings. The number of aryl methyl sites for hydroxylation is 1. The van der Waals surface area contributed by atoms with Crippen molar-refractivity contribution < 1.29 is 42.9 Å². The molecule has 7 rings (SSSR count). The fourth-order valence-electron chi connectivity index (χ4n) is 6.54. The topological polar surface area (TPSA) is 160 Å². The average Bonchev–Trinajstić information content (AvgIpc) is 3.62. The van der Waals surface area contributed by atoms with Crippen molar-refractivity contribution in [3.63, 3.8) is 0 Å². The smallest absolute Gasteiger partial charge is 0.262 e. The van der Waals surface area contributed by atoms with E-state index in [1.165, 1.54) is 17.5 Å². The lowest BCUT2D eigenvalue weighted by molar-refractivity contribution is -0.136. The Kier molecular flexibility index (Phi) is 11.8. The van der Waals surface area contributed by atoms with Crippen LogP contribution in [0.15, 0.2) is 73.2 Å². The highest BCUT2D eigenvalue weighted by atomic mass is 16.6. The summed E-state index contributed by atoms with van der Waals surface area (Å²) in [6, 6.07) is 15.9. The van der Waals surface area contributed by atoms with Gasteiger partial charge in [-0.2, -0.15) is 0 Å². The second-order valence-corrected chi connectivity index (χ2v) is 12.8. The summed E-state index contributed by atoms with van der Waals surface area (Å²) < 4.78 is 30.0. The van der Waals surface area contributed by atoms with E-state index in [2.05, 4.69) is 56.9 Å². The molecular formula is C41H39N5O9. The highest BCUT2D eigenvalue weighted by Crippen LogP contribution is 2.32. The van der Waals surface area contributed by atoms with E-state index in [4.69, 9.17) is 23.7 Å². The Hall–Kier alpha value is -5.98. The van der Waals surface area contributed by atoms with Crippen molar-refractivity contribution in [2.45, 2.75) is 18.9 Å². The average molecular weight is 746 g/mol. The second kappa shape index (κ2) is 17.4. The molecule has 0 saturated carbocycles. The molecule has 0 aliphatic carbocycles. The largest absolute Gasteiger partial charge is 0.491 e. The molecule has 1 fully saturated rings. The van der Waals surface area contributed by atoms with Crippen molar-refractivity contribution in [3.8, 4) is 28.7 Å². The Morgan fingerprint density at radius 1 is 0.745 bits per heavy atom. The maximum Gasteiger partial charge on any atom is 0.262 e. The van der Waals surface area contributed by atoms with Gasteiger partial charge in [0, 0.05) is 53.9 Å². The molecule has 1 N–H and O–H groups in total. The van der Waals surface area contributed by atoms with Crippen LogP contribution in [0.3, 0.4) is 0 Å². The number of piperidine rings is 1. The van der Waals surface area contributed by atoms with E-state index >= 15 is 0 Å². The van der Waals surface area contributed by atoms with E-state index in [0.717, 1.165) is 32.4 Å². The number of carbonyl (C=O) groups is 4. The van der Waals surface area contributed by atoms with Crippen molar-refractivity contribution in [3.05, 3.63) is 90.0 Å². The van der Waals surface area contributed by atoms with Crippen molar-refractivity contribution in [2.24, 2.45) is 7.05 Å². The van der Waals surface area contributed by atoms with Gasteiger partial charge in [-0.1, -0.05) is 24.1 Å². The van der Waals surface area contributed by atoms with E-state index in [9.17, 15) is 19.2 Å². The number of ether oxygens (including phenoxy) is 5. The zero-order valence-electron chi connectivity index (χ0n) is 30.2. The number of aromatic nitrogens is 3. The molecule has 14 heteroatoms. The molecule has 4 amide bonds. The van der Waals surface area contributed by atoms with Crippen LogP contribution in [-0.4, -0.2) is 109 Å². The zero-order chi connectivity index (χ0) is 38.1. The number of amides is 4. The first-order valence-electron chi connectivity index (χ1n) is 18.0. The number of hydrogen-bond donors (Lipinski definition) is 1. The number of rotatable bonds is 16. The third-order valence-corrected chi connectivity index (χ3v) is 9.32. The van der Waals surface area contributed by atoms with Crippen molar-refractivity contribution >= 4 is 45.4 Å². The summed E-state index contributed by atoms with van der Waals surface area (Å²) in [5, 5.41) is 4.49. The number of benzene rings is 2. The number of nitrogens with one attached hydrogen (secondary N) is 1. The second-order valence-electron chi connectivity index (χ2n) is 12.8. The molecule has 0 bridgehead atoms. The van der Waals surface area contributed by atoms with E-state index in [1.807, 2.05) is 36.8 Å². The van der Waals surface area contributed by atoms with E-state index < -0.39 is 29.7 Å². The molecular weight excluding hydrogens is 706 g/mol. The first-order valence-corrected chi connectivity index (χ1v) is 18.0. The Morgan fingerprint density at radius 3 is 2.22 bits per heavy atom. The van der Waals surface area contributed by atoms with Crippen LogP contribution in [0.1, 0.15) is 39.3 Å². The highest BCUT2D eigenvalue weighted by Gasteiger charge is 2.44. The van der Waals surface area contributed by atoms with Crippen LogP contribution in [0, 0.1) is 11.8 Å². The molecule has 5 heterocycles. The molecule has 1 atom stereocenters. The van der Waals surface area contributed by atoms with Gasteiger partial charge in [-0.25, -0.2) is 4.98 Å². The zero-order valence-corrected chi connectivity index (χ0v) is 30.2. The first kappa shape index (κ1) is 37.3. The number of carbonyl (C=O) groups excluding carboxylic acids is 4. The lowest BCUT2D eigenvalue weighted by Gasteiger charge is -2.27. The third kappa shape index (κ3) is 8.56. The Morgan fingerprint density at radius 2 is 1.47 bits per heavy atom. The summed E-state index contributed by atoms with van der Waals surface area (Å²) in [5.41, 5.74) is 5.42. The summed E-state index contributed by atoms with van der Waals surface area (Å²) in [6.45, 7) is 3.17. The number of nitrogens with zero attached hydrogens (tertiary/aromatic N) is 4. The van der Waals surface area contributed by atoms with Crippen LogP contribution in [0.5, 0.6) is 5.75 Å². The lowest BCUT2D eigenvalue weighted by atomic mass is 10.0. The van der Waals surface area contributed by atoms with Gasteiger partial charge in [0.2, 0.25) is 11.8 Å². The van der Waals surface area contributed by atoms with Gasteiger partial charge in [-0.15, -0.1) is 0 Å². The predicted molar refractivity (Wildman–Crippen MR) is 200 cm³/mol. The van der Waals surface area contributed by atoms with E-state index in [-0.39, 0.29) is 43.8 Å². The van der Waals surface area contributed by atoms with Crippen LogP contribution in [0.4, 0.5) is 0 Å². The van der Waals surface area contributed by atoms with Crippen molar-refractivity contribution in [1.29, 1.82) is 0 Å². The molecule has 2 aliphatic heterocycles. The standard InChI is InChI=1S/C41H39N5O9/c1-45-35-12-13-42-26-34(35)31-8-5-27(23-37(31)45)28-4-6-29(43-25-28)3-2-14-51-15-16-52-17-18-53-19-20-54-21-22-55-30-7-9-32-33(24-30)41(50)46(40(32)49)36-10-11-38(47)44-39(36)48/h4-9,12-13,23-26,36H,10-11,14-22H2,1H3,(H,44,47,48). The first-order chi connectivity index (χ1) is 26.9. The van der Waals surface area contributed by atoms with E-state index in [0.29, 0.717) is 51.1 Å². The van der Waals surface area contributed by atoms with Crippen LogP contribution in [0.2, 0.25) is 0 Å². The number of pyridine rings is 2.